The van der Waals surface area contributed by atoms with Gasteiger partial charge in [0.1, 0.15) is 0 Å². The third-order valence-corrected chi connectivity index (χ3v) is 4.03. The topological polar surface area (TPSA) is 69.6 Å². The summed E-state index contributed by atoms with van der Waals surface area (Å²) in [6.45, 7) is 3.21. The number of halogens is 1. The van der Waals surface area contributed by atoms with Crippen LogP contribution in [-0.2, 0) is 9.59 Å². The summed E-state index contributed by atoms with van der Waals surface area (Å²) in [5, 5.41) is 11.9. The number of benzene rings is 1. The first-order chi connectivity index (χ1) is 9.45. The quantitative estimate of drug-likeness (QED) is 0.879. The van der Waals surface area contributed by atoms with Crippen LogP contribution >= 0.6 is 15.9 Å². The summed E-state index contributed by atoms with van der Waals surface area (Å²) in [5.74, 6) is -1.21. The van der Waals surface area contributed by atoms with E-state index in [0.717, 1.165) is 10.2 Å². The second-order valence-electron chi connectivity index (χ2n) is 5.17. The number of rotatable bonds is 4. The van der Waals surface area contributed by atoms with Gasteiger partial charge in [-0.05, 0) is 30.2 Å². The molecule has 0 spiro atoms. The van der Waals surface area contributed by atoms with Gasteiger partial charge in [0.05, 0.1) is 12.5 Å². The van der Waals surface area contributed by atoms with Gasteiger partial charge in [-0.1, -0.05) is 22.9 Å². The maximum absolute atomic E-state index is 11.9. The second kappa shape index (κ2) is 6.37. The molecule has 1 fully saturated rings. The minimum absolute atomic E-state index is 0.0768. The van der Waals surface area contributed by atoms with Crippen LogP contribution in [0.3, 0.4) is 0 Å². The van der Waals surface area contributed by atoms with Crippen LogP contribution in [0.15, 0.2) is 28.7 Å². The first-order valence-corrected chi connectivity index (χ1v) is 7.25. The molecule has 20 heavy (non-hydrogen) atoms. The fourth-order valence-electron chi connectivity index (χ4n) is 2.45. The van der Waals surface area contributed by atoms with Gasteiger partial charge in [-0.2, -0.15) is 0 Å². The van der Waals surface area contributed by atoms with Gasteiger partial charge in [0, 0.05) is 23.2 Å². The number of nitrogens with zero attached hydrogens (tertiary/aromatic N) is 1. The van der Waals surface area contributed by atoms with Crippen molar-refractivity contribution in [2.24, 2.45) is 11.8 Å². The summed E-state index contributed by atoms with van der Waals surface area (Å²) in [6, 6.07) is 7.34. The first kappa shape index (κ1) is 15.0. The predicted molar refractivity (Wildman–Crippen MR) is 79.5 cm³/mol. The van der Waals surface area contributed by atoms with Gasteiger partial charge in [0.15, 0.2) is 0 Å². The number of carbonyl (C=O) groups is 2. The highest BCUT2D eigenvalue weighted by molar-refractivity contribution is 9.10. The standard InChI is InChI=1S/C14H17BrN2O3/c1-9-6-17(7-12(9)14(19)20)8-13(18)16-11-4-2-10(15)3-5-11/h2-5,9,12H,6-8H2,1H3,(H,16,18)(H,19,20). The van der Waals surface area contributed by atoms with Gasteiger partial charge >= 0.3 is 5.97 Å². The molecule has 1 aliphatic rings. The van der Waals surface area contributed by atoms with E-state index in [1.54, 1.807) is 0 Å². The highest BCUT2D eigenvalue weighted by Crippen LogP contribution is 2.23. The second-order valence-corrected chi connectivity index (χ2v) is 6.09. The molecule has 1 amide bonds. The molecule has 5 nitrogen and oxygen atoms in total. The van der Waals surface area contributed by atoms with Gasteiger partial charge in [-0.25, -0.2) is 0 Å². The first-order valence-electron chi connectivity index (χ1n) is 6.46. The fourth-order valence-corrected chi connectivity index (χ4v) is 2.72. The van der Waals surface area contributed by atoms with E-state index in [1.807, 2.05) is 36.1 Å². The zero-order valence-corrected chi connectivity index (χ0v) is 12.8. The Morgan fingerprint density at radius 1 is 1.35 bits per heavy atom. The molecule has 108 valence electrons. The molecule has 1 heterocycles. The van der Waals surface area contributed by atoms with Crippen molar-refractivity contribution in [3.63, 3.8) is 0 Å². The maximum Gasteiger partial charge on any atom is 0.308 e. The number of hydrogen-bond acceptors (Lipinski definition) is 3. The summed E-state index contributed by atoms with van der Waals surface area (Å²) >= 11 is 3.33. The molecule has 2 rings (SSSR count). The Morgan fingerprint density at radius 3 is 2.55 bits per heavy atom. The van der Waals surface area contributed by atoms with E-state index in [0.29, 0.717) is 13.1 Å². The van der Waals surface area contributed by atoms with Crippen molar-refractivity contribution in [2.75, 3.05) is 25.0 Å². The fraction of sp³-hybridized carbons (Fsp3) is 0.429. The Hall–Kier alpha value is -1.40. The molecule has 0 bridgehead atoms. The van der Waals surface area contributed by atoms with Crippen LogP contribution in [0.5, 0.6) is 0 Å². The Morgan fingerprint density at radius 2 is 2.00 bits per heavy atom. The van der Waals surface area contributed by atoms with Crippen LogP contribution < -0.4 is 5.32 Å². The zero-order chi connectivity index (χ0) is 14.7. The van der Waals surface area contributed by atoms with Gasteiger partial charge in [-0.3, -0.25) is 14.5 Å². The van der Waals surface area contributed by atoms with E-state index >= 15 is 0 Å². The Kier molecular flexibility index (Phi) is 4.77. The third-order valence-electron chi connectivity index (χ3n) is 3.50. The molecule has 6 heteroatoms. The molecule has 1 saturated heterocycles. The molecule has 0 aliphatic carbocycles. The van der Waals surface area contributed by atoms with Crippen molar-refractivity contribution < 1.29 is 14.7 Å². The molecule has 0 radical (unpaired) electrons. The molecule has 0 aromatic heterocycles. The van der Waals surface area contributed by atoms with Crippen molar-refractivity contribution >= 4 is 33.5 Å². The van der Waals surface area contributed by atoms with Crippen molar-refractivity contribution in [3.05, 3.63) is 28.7 Å². The molecule has 0 saturated carbocycles. The molecular formula is C14H17BrN2O3. The monoisotopic (exact) mass is 340 g/mol. The third kappa shape index (κ3) is 3.80. The predicted octanol–water partition coefficient (Wildman–Crippen LogP) is 2.04. The summed E-state index contributed by atoms with van der Waals surface area (Å²) in [5.41, 5.74) is 0.736. The maximum atomic E-state index is 11.9. The molecule has 2 N–H and O–H groups in total. The zero-order valence-electron chi connectivity index (χ0n) is 11.2. The summed E-state index contributed by atoms with van der Waals surface area (Å²) in [6.07, 6.45) is 0. The van der Waals surface area contributed by atoms with Crippen LogP contribution in [0.2, 0.25) is 0 Å². The van der Waals surface area contributed by atoms with Crippen molar-refractivity contribution in [2.45, 2.75) is 6.92 Å². The molecule has 1 aromatic rings. The largest absolute Gasteiger partial charge is 0.481 e. The summed E-state index contributed by atoms with van der Waals surface area (Å²) in [4.78, 5) is 24.8. The lowest BCUT2D eigenvalue weighted by Crippen LogP contribution is -2.32. The number of likely N-dealkylation sites (tertiary alicyclic amines) is 1. The van der Waals surface area contributed by atoms with E-state index in [2.05, 4.69) is 21.2 Å². The van der Waals surface area contributed by atoms with E-state index in [-0.39, 0.29) is 24.3 Å². The lowest BCUT2D eigenvalue weighted by molar-refractivity contribution is -0.142. The average molecular weight is 341 g/mol. The van der Waals surface area contributed by atoms with E-state index in [9.17, 15) is 9.59 Å². The van der Waals surface area contributed by atoms with Gasteiger partial charge in [0.2, 0.25) is 5.91 Å². The van der Waals surface area contributed by atoms with E-state index < -0.39 is 5.97 Å². The lowest BCUT2D eigenvalue weighted by Gasteiger charge is -2.14. The van der Waals surface area contributed by atoms with E-state index in [1.165, 1.54) is 0 Å². The Balaban J connectivity index is 1.86. The van der Waals surface area contributed by atoms with Crippen molar-refractivity contribution in [3.8, 4) is 0 Å². The highest BCUT2D eigenvalue weighted by atomic mass is 79.9. The Bertz CT molecular complexity index is 504. The molecular weight excluding hydrogens is 324 g/mol. The average Bonchev–Trinajstić information content (AvgIpc) is 2.73. The molecule has 2 atom stereocenters. The smallest absolute Gasteiger partial charge is 0.308 e. The van der Waals surface area contributed by atoms with Gasteiger partial charge in [-0.15, -0.1) is 0 Å². The lowest BCUT2D eigenvalue weighted by atomic mass is 9.99. The normalized spacial score (nSPS) is 22.7. The van der Waals surface area contributed by atoms with Crippen LogP contribution in [0.1, 0.15) is 6.92 Å². The van der Waals surface area contributed by atoms with Crippen LogP contribution in [-0.4, -0.2) is 41.5 Å². The van der Waals surface area contributed by atoms with Crippen molar-refractivity contribution in [1.29, 1.82) is 0 Å². The minimum Gasteiger partial charge on any atom is -0.481 e. The van der Waals surface area contributed by atoms with E-state index in [4.69, 9.17) is 5.11 Å². The number of anilines is 1. The number of carboxylic acids is 1. The number of aliphatic carboxylic acids is 1. The number of carbonyl (C=O) groups excluding carboxylic acids is 1. The van der Waals surface area contributed by atoms with Crippen molar-refractivity contribution in [1.82, 2.24) is 4.90 Å². The van der Waals surface area contributed by atoms with Crippen LogP contribution in [0.25, 0.3) is 0 Å². The number of hydrogen-bond donors (Lipinski definition) is 2. The van der Waals surface area contributed by atoms with Crippen LogP contribution in [0.4, 0.5) is 5.69 Å². The van der Waals surface area contributed by atoms with Crippen LogP contribution in [0, 0.1) is 11.8 Å². The van der Waals surface area contributed by atoms with Gasteiger partial charge < -0.3 is 10.4 Å². The number of carboxylic acid groups (broad SMARTS) is 1. The highest BCUT2D eigenvalue weighted by Gasteiger charge is 2.35. The number of amides is 1. The molecule has 2 unspecified atom stereocenters. The summed E-state index contributed by atoms with van der Waals surface area (Å²) in [7, 11) is 0. The van der Waals surface area contributed by atoms with Gasteiger partial charge in [0.25, 0.3) is 0 Å². The Labute approximate surface area is 126 Å². The molecule has 1 aliphatic heterocycles. The molecule has 1 aromatic carbocycles. The summed E-state index contributed by atoms with van der Waals surface area (Å²) < 4.78 is 0.952. The SMILES string of the molecule is CC1CN(CC(=O)Nc2ccc(Br)cc2)CC1C(=O)O. The number of nitrogens with one attached hydrogen (secondary N) is 1. The minimum atomic E-state index is -0.784.